The van der Waals surface area contributed by atoms with E-state index in [0.29, 0.717) is 31.6 Å². The van der Waals surface area contributed by atoms with Gasteiger partial charge in [-0.2, -0.15) is 8.78 Å². The zero-order valence-electron chi connectivity index (χ0n) is 16.5. The first kappa shape index (κ1) is 22.4. The minimum Gasteiger partial charge on any atom is -0.454 e. The number of likely N-dealkylation sites (tertiary alicyclic amines) is 1. The van der Waals surface area contributed by atoms with E-state index >= 15 is 0 Å². The van der Waals surface area contributed by atoms with Crippen LogP contribution in [-0.2, 0) is 10.7 Å². The van der Waals surface area contributed by atoms with Gasteiger partial charge in [-0.1, -0.05) is 19.2 Å². The highest BCUT2D eigenvalue weighted by Gasteiger charge is 2.29. The van der Waals surface area contributed by atoms with E-state index < -0.39 is 17.7 Å². The highest BCUT2D eigenvalue weighted by atomic mass is 19.3. The number of allylic oxidation sites excluding steroid dienone is 2. The maximum atomic E-state index is 13.3. The molecule has 2 rings (SSSR count). The van der Waals surface area contributed by atoms with Crippen LogP contribution in [0.5, 0.6) is 5.75 Å². The number of ether oxygens (including phenoxy) is 1. The van der Waals surface area contributed by atoms with Crippen LogP contribution < -0.4 is 4.74 Å². The predicted molar refractivity (Wildman–Crippen MR) is 105 cm³/mol. The van der Waals surface area contributed by atoms with E-state index in [4.69, 9.17) is 4.74 Å². The summed E-state index contributed by atoms with van der Waals surface area (Å²) < 4.78 is 45.3. The van der Waals surface area contributed by atoms with E-state index in [1.807, 2.05) is 6.92 Å². The predicted octanol–water partition coefficient (Wildman–Crippen LogP) is 4.78. The number of pyridine rings is 1. The molecule has 1 fully saturated rings. The fourth-order valence-corrected chi connectivity index (χ4v) is 2.98. The van der Waals surface area contributed by atoms with Gasteiger partial charge in [-0.25, -0.2) is 4.39 Å². The Labute approximate surface area is 168 Å². The number of rotatable bonds is 7. The summed E-state index contributed by atoms with van der Waals surface area (Å²) in [5.74, 6) is -4.25. The molecule has 0 saturated carbocycles. The van der Waals surface area contributed by atoms with E-state index in [1.54, 1.807) is 12.3 Å². The lowest BCUT2D eigenvalue weighted by atomic mass is 9.90. The summed E-state index contributed by atoms with van der Waals surface area (Å²) in [6.07, 6.45) is 5.66. The lowest BCUT2D eigenvalue weighted by Gasteiger charge is -2.32. The van der Waals surface area contributed by atoms with Crippen molar-refractivity contribution in [1.82, 2.24) is 9.88 Å². The molecule has 0 unspecified atom stereocenters. The molecule has 0 atom stereocenters. The molecule has 5 nitrogen and oxygen atoms in total. The van der Waals surface area contributed by atoms with Crippen LogP contribution in [0.2, 0.25) is 0 Å². The second-order valence-electron chi connectivity index (χ2n) is 6.76. The SMILES string of the molecule is C=C(F)C(=O)N1CCC(/C(=N/C=C\C)C(=C)Oc2ccc(C(C)(F)F)nc2)CC1. The number of piperidine rings is 1. The van der Waals surface area contributed by atoms with Crippen molar-refractivity contribution in [1.29, 1.82) is 0 Å². The van der Waals surface area contributed by atoms with Crippen molar-refractivity contribution >= 4 is 11.6 Å². The van der Waals surface area contributed by atoms with Gasteiger partial charge in [0.25, 0.3) is 11.8 Å². The Hall–Kier alpha value is -2.90. The van der Waals surface area contributed by atoms with Gasteiger partial charge in [0.1, 0.15) is 17.2 Å². The van der Waals surface area contributed by atoms with E-state index in [9.17, 15) is 18.0 Å². The summed E-state index contributed by atoms with van der Waals surface area (Å²) in [6.45, 7) is 10.3. The Kier molecular flexibility index (Phi) is 7.36. The molecule has 156 valence electrons. The van der Waals surface area contributed by atoms with Gasteiger partial charge < -0.3 is 9.64 Å². The molecule has 1 aromatic rings. The zero-order valence-corrected chi connectivity index (χ0v) is 16.5. The number of aromatic nitrogens is 1. The number of nitrogens with zero attached hydrogens (tertiary/aromatic N) is 3. The Bertz CT molecular complexity index is 819. The zero-order chi connectivity index (χ0) is 21.6. The lowest BCUT2D eigenvalue weighted by Crippen LogP contribution is -2.40. The molecule has 0 spiro atoms. The van der Waals surface area contributed by atoms with Gasteiger partial charge in [0.2, 0.25) is 0 Å². The first-order valence-corrected chi connectivity index (χ1v) is 9.17. The Morgan fingerprint density at radius 1 is 1.34 bits per heavy atom. The van der Waals surface area contributed by atoms with Gasteiger partial charge in [0.15, 0.2) is 5.83 Å². The molecule has 8 heteroatoms. The highest BCUT2D eigenvalue weighted by molar-refractivity contribution is 6.00. The third-order valence-corrected chi connectivity index (χ3v) is 4.48. The number of carbonyl (C=O) groups is 1. The normalized spacial score (nSPS) is 16.2. The van der Waals surface area contributed by atoms with Crippen molar-refractivity contribution < 1.29 is 22.7 Å². The van der Waals surface area contributed by atoms with Crippen molar-refractivity contribution in [2.45, 2.75) is 32.6 Å². The van der Waals surface area contributed by atoms with E-state index in [0.717, 1.165) is 6.92 Å². The maximum Gasteiger partial charge on any atom is 0.286 e. The third kappa shape index (κ3) is 6.04. The Balaban J connectivity index is 2.09. The number of aliphatic imine (C=N–C) groups is 1. The van der Waals surface area contributed by atoms with E-state index in [-0.39, 0.29) is 23.1 Å². The minimum atomic E-state index is -3.04. The molecule has 29 heavy (non-hydrogen) atoms. The molecule has 1 amide bonds. The fraction of sp³-hybridized carbons (Fsp3) is 0.381. The number of alkyl halides is 2. The maximum absolute atomic E-state index is 13.3. The van der Waals surface area contributed by atoms with Crippen LogP contribution in [0.25, 0.3) is 0 Å². The number of halogens is 3. The Morgan fingerprint density at radius 2 is 2.00 bits per heavy atom. The van der Waals surface area contributed by atoms with E-state index in [1.165, 1.54) is 23.2 Å². The number of amides is 1. The smallest absolute Gasteiger partial charge is 0.286 e. The van der Waals surface area contributed by atoms with Crippen molar-refractivity contribution in [3.63, 3.8) is 0 Å². The number of hydrogen-bond acceptors (Lipinski definition) is 4. The van der Waals surface area contributed by atoms with Crippen LogP contribution in [-0.4, -0.2) is 34.6 Å². The quantitative estimate of drug-likeness (QED) is 0.371. The summed E-state index contributed by atoms with van der Waals surface area (Å²) >= 11 is 0. The monoisotopic (exact) mass is 407 g/mol. The summed E-state index contributed by atoms with van der Waals surface area (Å²) in [5, 5.41) is 0. The van der Waals surface area contributed by atoms with Crippen molar-refractivity contribution in [3.05, 3.63) is 61.0 Å². The average Bonchev–Trinajstić information content (AvgIpc) is 2.68. The van der Waals surface area contributed by atoms with Crippen molar-refractivity contribution in [2.24, 2.45) is 10.9 Å². The number of hydrogen-bond donors (Lipinski definition) is 0. The summed E-state index contributed by atoms with van der Waals surface area (Å²) in [7, 11) is 0. The van der Waals surface area contributed by atoms with Gasteiger partial charge >= 0.3 is 0 Å². The molecular formula is C21H24F3N3O2. The van der Waals surface area contributed by atoms with Crippen LogP contribution in [0.1, 0.15) is 32.4 Å². The highest BCUT2D eigenvalue weighted by Crippen LogP contribution is 2.28. The third-order valence-electron chi connectivity index (χ3n) is 4.48. The lowest BCUT2D eigenvalue weighted by molar-refractivity contribution is -0.129. The molecule has 2 heterocycles. The Morgan fingerprint density at radius 3 is 2.48 bits per heavy atom. The van der Waals surface area contributed by atoms with Crippen LogP contribution in [0.3, 0.4) is 0 Å². The largest absolute Gasteiger partial charge is 0.454 e. The molecule has 1 saturated heterocycles. The summed E-state index contributed by atoms with van der Waals surface area (Å²) in [5.41, 5.74) is 0.226. The molecule has 1 aliphatic rings. The molecule has 1 aromatic heterocycles. The molecular weight excluding hydrogens is 383 g/mol. The first-order chi connectivity index (χ1) is 13.6. The van der Waals surface area contributed by atoms with Gasteiger partial charge in [-0.15, -0.1) is 0 Å². The molecule has 0 aliphatic carbocycles. The van der Waals surface area contributed by atoms with Crippen LogP contribution in [0.15, 0.2) is 60.3 Å². The van der Waals surface area contributed by atoms with Crippen molar-refractivity contribution in [3.8, 4) is 5.75 Å². The fourth-order valence-electron chi connectivity index (χ4n) is 2.98. The van der Waals surface area contributed by atoms with Crippen LogP contribution in [0.4, 0.5) is 13.2 Å². The van der Waals surface area contributed by atoms with Crippen LogP contribution in [0, 0.1) is 5.92 Å². The first-order valence-electron chi connectivity index (χ1n) is 9.17. The van der Waals surface area contributed by atoms with Crippen molar-refractivity contribution in [2.75, 3.05) is 13.1 Å². The summed E-state index contributed by atoms with van der Waals surface area (Å²) in [4.78, 5) is 21.3. The van der Waals surface area contributed by atoms with Gasteiger partial charge in [0.05, 0.1) is 11.9 Å². The minimum absolute atomic E-state index is 0.0529. The van der Waals surface area contributed by atoms with Gasteiger partial charge in [-0.05, 0) is 31.9 Å². The second kappa shape index (κ2) is 9.54. The molecule has 0 aromatic carbocycles. The van der Waals surface area contributed by atoms with Gasteiger partial charge in [-0.3, -0.25) is 14.8 Å². The molecule has 1 aliphatic heterocycles. The summed E-state index contributed by atoms with van der Waals surface area (Å²) in [6, 6.07) is 2.59. The van der Waals surface area contributed by atoms with E-state index in [2.05, 4.69) is 23.1 Å². The molecule has 0 N–H and O–H groups in total. The van der Waals surface area contributed by atoms with Crippen LogP contribution >= 0.6 is 0 Å². The average molecular weight is 407 g/mol. The number of carbonyl (C=O) groups excluding carboxylic acids is 1. The second-order valence-corrected chi connectivity index (χ2v) is 6.76. The molecule has 0 radical (unpaired) electrons. The standard InChI is InChI=1S/C21H24F3N3O2/c1-5-10-25-19(16-8-11-27(12-9-16)20(28)14(2)22)15(3)29-17-6-7-18(26-13-17)21(4,23)24/h5-7,10,13,16H,2-3,8-9,11-12H2,1,4H3/b10-5-,25-19+. The molecule has 0 bridgehead atoms. The van der Waals surface area contributed by atoms with Gasteiger partial charge in [0, 0.05) is 32.1 Å². The topological polar surface area (TPSA) is 54.8 Å².